The molecule has 7 nitrogen and oxygen atoms in total. The maximum atomic E-state index is 12.2. The number of aliphatic hydroxyl groups is 7. The largest absolute Gasteiger partial charge is 0.393 e. The fourth-order valence-electron chi connectivity index (χ4n) is 13.3. The molecule has 6 aliphatic carbocycles. The van der Waals surface area contributed by atoms with Gasteiger partial charge in [-0.3, -0.25) is 0 Å². The first-order valence-electron chi connectivity index (χ1n) is 19.5. The molecule has 0 aliphatic heterocycles. The van der Waals surface area contributed by atoms with Gasteiger partial charge in [0.05, 0.1) is 36.6 Å². The van der Waals surface area contributed by atoms with Crippen LogP contribution in [0.3, 0.4) is 0 Å². The van der Waals surface area contributed by atoms with Gasteiger partial charge in [-0.2, -0.15) is 0 Å². The molecule has 6 aliphatic rings. The zero-order valence-electron chi connectivity index (χ0n) is 29.3. The molecule has 7 heteroatoms. The van der Waals surface area contributed by atoms with Gasteiger partial charge in [0.1, 0.15) is 5.60 Å². The molecule has 0 radical (unpaired) electrons. The average molecular weight is 649 g/mol. The van der Waals surface area contributed by atoms with Gasteiger partial charge in [-0.05, 0) is 92.8 Å². The van der Waals surface area contributed by atoms with Gasteiger partial charge in [0, 0.05) is 23.2 Å². The maximum Gasteiger partial charge on any atom is 0.122 e. The molecule has 6 rings (SSSR count). The summed E-state index contributed by atoms with van der Waals surface area (Å²) >= 11 is 0. The number of fused-ring (bicyclic) bond motifs is 3. The summed E-state index contributed by atoms with van der Waals surface area (Å²) in [5, 5.41) is 80.5. The minimum Gasteiger partial charge on any atom is -0.393 e. The summed E-state index contributed by atoms with van der Waals surface area (Å²) in [5.41, 5.74) is -3.51. The fraction of sp³-hybridized carbons (Fsp3) is 1.00. The van der Waals surface area contributed by atoms with Crippen LogP contribution in [-0.2, 0) is 0 Å². The summed E-state index contributed by atoms with van der Waals surface area (Å²) < 4.78 is 0. The lowest BCUT2D eigenvalue weighted by Crippen LogP contribution is -2.78. The predicted octanol–water partition coefficient (Wildman–Crippen LogP) is 5.19. The standard InChI is InChI=1S/C39H68O7/c1-22-9-11-24(12-10-22)7-5-6-8-25-13-15-26(16-14-25)27-17-18-29(41)32-28(27)19-37(3)21-38(4)20-30(42)31(23(2)40)35(44)39(38,46)36(45)33(37)34(32)43/h22-36,40-46H,5-21H2,1-4H3/t22?,23?,24?,25?,26?,27?,28?,29?,30?,31?,32?,33?,34?,35?,36?,37-,38+,39+/m0/s1. The van der Waals surface area contributed by atoms with Crippen molar-refractivity contribution in [3.8, 4) is 0 Å². The SMILES string of the molecule is CC1CCC(CCCCC2CCC(C3CCC(O)C4C(O)C5C(O)[C@]6(O)C(O)C(C(C)O)C(O)C[C@]6(C)C[C@]5(C)CC34)CC2)CC1. The van der Waals surface area contributed by atoms with Crippen LogP contribution < -0.4 is 0 Å². The molecule has 0 aromatic carbocycles. The Labute approximate surface area is 278 Å². The van der Waals surface area contributed by atoms with E-state index in [4.69, 9.17) is 0 Å². The van der Waals surface area contributed by atoms with Gasteiger partial charge in [0.2, 0.25) is 0 Å². The minimum absolute atomic E-state index is 0.144. The van der Waals surface area contributed by atoms with Crippen LogP contribution in [0.2, 0.25) is 0 Å². The van der Waals surface area contributed by atoms with Gasteiger partial charge in [-0.1, -0.05) is 85.0 Å². The number of rotatable bonds is 7. The highest BCUT2D eigenvalue weighted by atomic mass is 16.4. The van der Waals surface area contributed by atoms with E-state index in [1.165, 1.54) is 84.0 Å². The summed E-state index contributed by atoms with van der Waals surface area (Å²) in [7, 11) is 0. The van der Waals surface area contributed by atoms with Crippen LogP contribution in [0.4, 0.5) is 0 Å². The van der Waals surface area contributed by atoms with Crippen molar-refractivity contribution in [3.63, 3.8) is 0 Å². The lowest BCUT2D eigenvalue weighted by atomic mass is 9.39. The molecule has 0 heterocycles. The van der Waals surface area contributed by atoms with Crippen molar-refractivity contribution in [2.45, 2.75) is 179 Å². The molecule has 46 heavy (non-hydrogen) atoms. The Morgan fingerprint density at radius 1 is 0.696 bits per heavy atom. The monoisotopic (exact) mass is 648 g/mol. The molecule has 6 saturated carbocycles. The van der Waals surface area contributed by atoms with Gasteiger partial charge in [0.15, 0.2) is 0 Å². The number of hydrogen-bond donors (Lipinski definition) is 7. The molecular weight excluding hydrogens is 580 g/mol. The summed E-state index contributed by atoms with van der Waals surface area (Å²) in [4.78, 5) is 0. The van der Waals surface area contributed by atoms with Crippen LogP contribution in [-0.4, -0.2) is 78.0 Å². The fourth-order valence-corrected chi connectivity index (χ4v) is 13.3. The Morgan fingerprint density at radius 2 is 1.28 bits per heavy atom. The van der Waals surface area contributed by atoms with E-state index in [-0.39, 0.29) is 18.3 Å². The van der Waals surface area contributed by atoms with Crippen molar-refractivity contribution < 1.29 is 35.7 Å². The van der Waals surface area contributed by atoms with Gasteiger partial charge >= 0.3 is 0 Å². The molecule has 0 amide bonds. The van der Waals surface area contributed by atoms with Crippen LogP contribution in [0, 0.1) is 64.1 Å². The molecule has 6 fully saturated rings. The van der Waals surface area contributed by atoms with Gasteiger partial charge in [0.25, 0.3) is 0 Å². The third-order valence-corrected chi connectivity index (χ3v) is 15.7. The zero-order valence-corrected chi connectivity index (χ0v) is 29.3. The van der Waals surface area contributed by atoms with E-state index >= 15 is 0 Å². The number of aliphatic hydroxyl groups excluding tert-OH is 6. The molecule has 11 unspecified atom stereocenters. The summed E-state index contributed by atoms with van der Waals surface area (Å²) in [6.45, 7) is 7.87. The van der Waals surface area contributed by atoms with Gasteiger partial charge < -0.3 is 35.7 Å². The highest BCUT2D eigenvalue weighted by Crippen LogP contribution is 2.67. The molecule has 0 saturated heterocycles. The van der Waals surface area contributed by atoms with E-state index in [2.05, 4.69) is 13.8 Å². The average Bonchev–Trinajstić information content (AvgIpc) is 2.98. The second-order valence-electron chi connectivity index (χ2n) is 18.7. The second kappa shape index (κ2) is 13.5. The molecule has 0 spiro atoms. The van der Waals surface area contributed by atoms with Crippen molar-refractivity contribution in [3.05, 3.63) is 0 Å². The van der Waals surface area contributed by atoms with Crippen molar-refractivity contribution >= 4 is 0 Å². The Bertz CT molecular complexity index is 1020. The van der Waals surface area contributed by atoms with Crippen molar-refractivity contribution in [1.29, 1.82) is 0 Å². The first kappa shape index (κ1) is 35.5. The second-order valence-corrected chi connectivity index (χ2v) is 18.7. The van der Waals surface area contributed by atoms with E-state index < -0.39 is 64.9 Å². The van der Waals surface area contributed by atoms with Crippen molar-refractivity contribution in [2.75, 3.05) is 0 Å². The molecule has 0 aromatic rings. The van der Waals surface area contributed by atoms with E-state index in [0.29, 0.717) is 24.7 Å². The maximum absolute atomic E-state index is 12.2. The lowest BCUT2D eigenvalue weighted by molar-refractivity contribution is -0.337. The Kier molecular flexibility index (Phi) is 10.4. The Morgan fingerprint density at radius 3 is 1.87 bits per heavy atom. The molecule has 0 aromatic heterocycles. The zero-order chi connectivity index (χ0) is 33.2. The third-order valence-electron chi connectivity index (χ3n) is 15.7. The first-order valence-corrected chi connectivity index (χ1v) is 19.5. The van der Waals surface area contributed by atoms with E-state index in [0.717, 1.165) is 30.6 Å². The quantitative estimate of drug-likeness (QED) is 0.188. The summed E-state index contributed by atoms with van der Waals surface area (Å²) in [6.07, 6.45) is 12.6. The van der Waals surface area contributed by atoms with E-state index in [1.54, 1.807) is 0 Å². The predicted molar refractivity (Wildman–Crippen MR) is 178 cm³/mol. The van der Waals surface area contributed by atoms with Gasteiger partial charge in [-0.25, -0.2) is 0 Å². The molecule has 266 valence electrons. The molecule has 7 N–H and O–H groups in total. The minimum atomic E-state index is -1.99. The summed E-state index contributed by atoms with van der Waals surface area (Å²) in [5.74, 6) is 1.82. The molecular formula is C39H68O7. The lowest BCUT2D eigenvalue weighted by Gasteiger charge is -2.69. The normalized spacial score (nSPS) is 55.1. The molecule has 14 atom stereocenters. The first-order chi connectivity index (χ1) is 21.7. The molecule has 0 bridgehead atoms. The number of unbranched alkanes of at least 4 members (excludes halogenated alkanes) is 1. The van der Waals surface area contributed by atoms with Crippen molar-refractivity contribution in [2.24, 2.45) is 64.1 Å². The van der Waals surface area contributed by atoms with Crippen LogP contribution in [0.25, 0.3) is 0 Å². The highest BCUT2D eigenvalue weighted by molar-refractivity contribution is 5.23. The topological polar surface area (TPSA) is 142 Å². The van der Waals surface area contributed by atoms with Crippen LogP contribution in [0.15, 0.2) is 0 Å². The Hall–Kier alpha value is -0.280. The van der Waals surface area contributed by atoms with E-state index in [9.17, 15) is 35.7 Å². The smallest absolute Gasteiger partial charge is 0.122 e. The highest BCUT2D eigenvalue weighted by Gasteiger charge is 2.73. The van der Waals surface area contributed by atoms with Gasteiger partial charge in [-0.15, -0.1) is 0 Å². The third kappa shape index (κ3) is 6.06. The van der Waals surface area contributed by atoms with Crippen LogP contribution in [0.1, 0.15) is 137 Å². The number of hydrogen-bond acceptors (Lipinski definition) is 7. The van der Waals surface area contributed by atoms with Crippen LogP contribution in [0.5, 0.6) is 0 Å². The van der Waals surface area contributed by atoms with Crippen molar-refractivity contribution in [1.82, 2.24) is 0 Å². The van der Waals surface area contributed by atoms with Crippen LogP contribution >= 0.6 is 0 Å². The van der Waals surface area contributed by atoms with E-state index in [1.807, 2.05) is 6.92 Å². The summed E-state index contributed by atoms with van der Waals surface area (Å²) in [6, 6.07) is 0. The Balaban J connectivity index is 1.12.